The van der Waals surface area contributed by atoms with Crippen LogP contribution in [-0.4, -0.2) is 70.5 Å². The Bertz CT molecular complexity index is 1460. The highest BCUT2D eigenvalue weighted by molar-refractivity contribution is 6.32. The van der Waals surface area contributed by atoms with Gasteiger partial charge < -0.3 is 25.0 Å². The minimum atomic E-state index is 0.0350. The van der Waals surface area contributed by atoms with E-state index in [9.17, 15) is 4.79 Å². The number of anilines is 1. The van der Waals surface area contributed by atoms with E-state index in [1.807, 2.05) is 66.4 Å². The Morgan fingerprint density at radius 2 is 1.92 bits per heavy atom. The third-order valence-corrected chi connectivity index (χ3v) is 6.83. The summed E-state index contributed by atoms with van der Waals surface area (Å²) in [6, 6.07) is 16.7. The molecular weight excluding hydrogens is 516 g/mol. The number of nitrogens with zero attached hydrogens (tertiary/aromatic N) is 5. The van der Waals surface area contributed by atoms with Gasteiger partial charge in [-0.15, -0.1) is 0 Å². The van der Waals surface area contributed by atoms with Gasteiger partial charge in [-0.25, -0.2) is 9.97 Å². The fourth-order valence-corrected chi connectivity index (χ4v) is 4.75. The molecule has 1 saturated heterocycles. The van der Waals surface area contributed by atoms with Crippen LogP contribution < -0.4 is 15.2 Å². The molecule has 1 amide bonds. The van der Waals surface area contributed by atoms with Crippen LogP contribution in [0.1, 0.15) is 18.5 Å². The number of nitrogens with two attached hydrogens (primary N) is 1. The Hall–Kier alpha value is -3.95. The van der Waals surface area contributed by atoms with E-state index in [0.717, 1.165) is 29.5 Å². The molecule has 1 aliphatic rings. The zero-order valence-corrected chi connectivity index (χ0v) is 22.8. The lowest BCUT2D eigenvalue weighted by Gasteiger charge is -2.32. The predicted molar refractivity (Wildman–Crippen MR) is 152 cm³/mol. The lowest BCUT2D eigenvalue weighted by molar-refractivity contribution is -0.133. The number of fused-ring (bicyclic) bond motifs is 1. The topological polar surface area (TPSA) is 107 Å². The van der Waals surface area contributed by atoms with Crippen molar-refractivity contribution in [3.63, 3.8) is 0 Å². The van der Waals surface area contributed by atoms with Gasteiger partial charge in [0.15, 0.2) is 5.82 Å². The minimum absolute atomic E-state index is 0.0350. The summed E-state index contributed by atoms with van der Waals surface area (Å²) in [4.78, 5) is 29.6. The second kappa shape index (κ2) is 11.8. The highest BCUT2D eigenvalue weighted by atomic mass is 35.5. The van der Waals surface area contributed by atoms with E-state index < -0.39 is 0 Å². The fourth-order valence-electron chi connectivity index (χ4n) is 4.51. The molecule has 10 heteroatoms. The molecule has 0 spiro atoms. The number of carbonyl (C=O) groups excluding carboxylic acids is 1. The van der Waals surface area contributed by atoms with Crippen molar-refractivity contribution in [2.75, 3.05) is 39.5 Å². The number of likely N-dealkylation sites (N-methyl/N-ethyl adjacent to an activating group) is 1. The Labute approximate surface area is 232 Å². The van der Waals surface area contributed by atoms with Crippen LogP contribution in [0.25, 0.3) is 22.3 Å². The second-order valence-electron chi connectivity index (χ2n) is 9.80. The number of pyridine rings is 1. The quantitative estimate of drug-likeness (QED) is 0.346. The van der Waals surface area contributed by atoms with Crippen molar-refractivity contribution < 1.29 is 14.3 Å². The minimum Gasteiger partial charge on any atom is -0.490 e. The molecule has 2 N–H and O–H groups in total. The summed E-state index contributed by atoms with van der Waals surface area (Å²) < 4.78 is 12.1. The van der Waals surface area contributed by atoms with Gasteiger partial charge in [-0.3, -0.25) is 9.78 Å². The van der Waals surface area contributed by atoms with E-state index >= 15 is 0 Å². The van der Waals surface area contributed by atoms with Gasteiger partial charge in [-0.1, -0.05) is 17.7 Å². The molecule has 1 fully saturated rings. The molecule has 39 heavy (non-hydrogen) atoms. The van der Waals surface area contributed by atoms with E-state index in [0.29, 0.717) is 59.9 Å². The Morgan fingerprint density at radius 1 is 1.10 bits per heavy atom. The van der Waals surface area contributed by atoms with Crippen LogP contribution in [0.3, 0.4) is 0 Å². The number of ether oxygens (including phenoxy) is 2. The third kappa shape index (κ3) is 6.55. The maximum Gasteiger partial charge on any atom is 0.236 e. The van der Waals surface area contributed by atoms with Crippen LogP contribution in [-0.2, 0) is 11.4 Å². The van der Waals surface area contributed by atoms with Crippen molar-refractivity contribution in [2.45, 2.75) is 25.6 Å². The average Bonchev–Trinajstić information content (AvgIpc) is 2.93. The van der Waals surface area contributed by atoms with Crippen LogP contribution in [0.2, 0.25) is 5.02 Å². The maximum atomic E-state index is 12.3. The standard InChI is InChI=1S/C29H31ClN6O3/c1-35(2)17-27(37)36-13-10-21(11-14-36)39-22-7-8-25-23(16-22)28(31)34-29(33-25)19-6-9-26(24(30)15-19)38-18-20-5-3-4-12-32-20/h3-9,12,15-16,21H,10-11,13-14,17-18H2,1-2H3,(H2,31,33,34). The molecule has 0 aliphatic carbocycles. The summed E-state index contributed by atoms with van der Waals surface area (Å²) in [7, 11) is 3.80. The average molecular weight is 547 g/mol. The number of hydrogen-bond acceptors (Lipinski definition) is 8. The molecular formula is C29H31ClN6O3. The Balaban J connectivity index is 1.25. The van der Waals surface area contributed by atoms with Crippen molar-refractivity contribution in [3.05, 3.63) is 71.5 Å². The Kier molecular flexibility index (Phi) is 8.09. The summed E-state index contributed by atoms with van der Waals surface area (Å²) in [5.41, 5.74) is 8.60. The summed E-state index contributed by atoms with van der Waals surface area (Å²) in [5.74, 6) is 2.24. The third-order valence-electron chi connectivity index (χ3n) is 6.54. The van der Waals surface area contributed by atoms with Crippen LogP contribution in [0, 0.1) is 0 Å². The maximum absolute atomic E-state index is 12.3. The summed E-state index contributed by atoms with van der Waals surface area (Å²) in [6.45, 7) is 2.12. The second-order valence-corrected chi connectivity index (χ2v) is 10.2. The molecule has 202 valence electrons. The number of nitrogen functional groups attached to an aromatic ring is 1. The van der Waals surface area contributed by atoms with E-state index in [1.54, 1.807) is 18.3 Å². The van der Waals surface area contributed by atoms with Crippen LogP contribution in [0.15, 0.2) is 60.8 Å². The molecule has 9 nitrogen and oxygen atoms in total. The molecule has 2 aromatic heterocycles. The molecule has 0 saturated carbocycles. The molecule has 1 aliphatic heterocycles. The largest absolute Gasteiger partial charge is 0.490 e. The first-order valence-corrected chi connectivity index (χ1v) is 13.2. The predicted octanol–water partition coefficient (Wildman–Crippen LogP) is 4.44. The zero-order valence-electron chi connectivity index (χ0n) is 22.0. The number of piperidine rings is 1. The van der Waals surface area contributed by atoms with Gasteiger partial charge >= 0.3 is 0 Å². The van der Waals surface area contributed by atoms with E-state index in [4.69, 9.17) is 31.8 Å². The first-order valence-electron chi connectivity index (χ1n) is 12.8. The number of halogens is 1. The van der Waals surface area contributed by atoms with Crippen LogP contribution in [0.4, 0.5) is 5.82 Å². The number of benzene rings is 2. The van der Waals surface area contributed by atoms with Gasteiger partial charge in [0.25, 0.3) is 0 Å². The number of hydrogen-bond donors (Lipinski definition) is 1. The van der Waals surface area contributed by atoms with Gasteiger partial charge in [0.2, 0.25) is 5.91 Å². The summed E-state index contributed by atoms with van der Waals surface area (Å²) in [6.07, 6.45) is 3.32. The molecule has 0 bridgehead atoms. The first-order chi connectivity index (χ1) is 18.9. The van der Waals surface area contributed by atoms with Crippen molar-refractivity contribution in [2.24, 2.45) is 0 Å². The van der Waals surface area contributed by atoms with Crippen LogP contribution >= 0.6 is 11.6 Å². The van der Waals surface area contributed by atoms with Gasteiger partial charge in [-0.2, -0.15) is 0 Å². The van der Waals surface area contributed by atoms with Gasteiger partial charge in [0.05, 0.1) is 22.8 Å². The normalized spacial score (nSPS) is 14.1. The van der Waals surface area contributed by atoms with Gasteiger partial charge in [0.1, 0.15) is 30.0 Å². The lowest BCUT2D eigenvalue weighted by Crippen LogP contribution is -2.44. The summed E-state index contributed by atoms with van der Waals surface area (Å²) >= 11 is 6.49. The van der Waals surface area contributed by atoms with Crippen molar-refractivity contribution in [3.8, 4) is 22.9 Å². The SMILES string of the molecule is CN(C)CC(=O)N1CCC(Oc2ccc3nc(-c4ccc(OCc5ccccn5)c(Cl)c4)nc(N)c3c2)CC1. The number of aromatic nitrogens is 3. The van der Waals surface area contributed by atoms with E-state index in [2.05, 4.69) is 9.97 Å². The molecule has 0 atom stereocenters. The van der Waals surface area contributed by atoms with Crippen molar-refractivity contribution in [1.82, 2.24) is 24.8 Å². The van der Waals surface area contributed by atoms with Gasteiger partial charge in [0, 0.05) is 43.1 Å². The number of rotatable bonds is 8. The molecule has 4 aromatic rings. The van der Waals surface area contributed by atoms with Crippen molar-refractivity contribution >= 4 is 34.2 Å². The smallest absolute Gasteiger partial charge is 0.236 e. The van der Waals surface area contributed by atoms with Gasteiger partial charge in [-0.05, 0) is 62.6 Å². The van der Waals surface area contributed by atoms with Crippen LogP contribution in [0.5, 0.6) is 11.5 Å². The molecule has 0 radical (unpaired) electrons. The van der Waals surface area contributed by atoms with E-state index in [-0.39, 0.29) is 12.0 Å². The van der Waals surface area contributed by atoms with E-state index in [1.165, 1.54) is 0 Å². The lowest BCUT2D eigenvalue weighted by atomic mass is 10.1. The van der Waals surface area contributed by atoms with Crippen molar-refractivity contribution in [1.29, 1.82) is 0 Å². The number of carbonyl (C=O) groups is 1. The zero-order chi connectivity index (χ0) is 27.4. The molecule has 2 aromatic carbocycles. The number of likely N-dealkylation sites (tertiary alicyclic amines) is 1. The Morgan fingerprint density at radius 3 is 2.64 bits per heavy atom. The molecule has 0 unspecified atom stereocenters. The highest BCUT2D eigenvalue weighted by Gasteiger charge is 2.24. The molecule has 5 rings (SSSR count). The highest BCUT2D eigenvalue weighted by Crippen LogP contribution is 2.32. The first kappa shape index (κ1) is 26.6. The summed E-state index contributed by atoms with van der Waals surface area (Å²) in [5, 5.41) is 1.17. The fraction of sp³-hybridized carbons (Fsp3) is 0.310. The monoisotopic (exact) mass is 546 g/mol. The molecule has 3 heterocycles. The number of amides is 1.